The summed E-state index contributed by atoms with van der Waals surface area (Å²) in [4.78, 5) is 51.4. The minimum Gasteiger partial charge on any atom is -0.493 e. The summed E-state index contributed by atoms with van der Waals surface area (Å²) in [6.07, 6.45) is 4.20. The number of ketones is 1. The summed E-state index contributed by atoms with van der Waals surface area (Å²) in [5.41, 5.74) is 1.88. The number of thiophene rings is 1. The Bertz CT molecular complexity index is 2360. The lowest BCUT2D eigenvalue weighted by Crippen LogP contribution is -2.38. The van der Waals surface area contributed by atoms with Crippen molar-refractivity contribution in [3.63, 3.8) is 0 Å². The molecule has 0 unspecified atom stereocenters. The van der Waals surface area contributed by atoms with Gasteiger partial charge in [-0.1, -0.05) is 30.3 Å². The molecule has 284 valence electrons. The number of para-hydroxylation sites is 1. The Morgan fingerprint density at radius 1 is 0.927 bits per heavy atom. The predicted molar refractivity (Wildman–Crippen MR) is 209 cm³/mol. The number of hydrogen-bond donors (Lipinski definition) is 0. The molecule has 0 spiro atoms. The van der Waals surface area contributed by atoms with Crippen molar-refractivity contribution in [3.05, 3.63) is 130 Å². The van der Waals surface area contributed by atoms with Crippen LogP contribution in [0.3, 0.4) is 0 Å². The molecule has 4 aromatic heterocycles. The third-order valence-corrected chi connectivity index (χ3v) is 9.45. The fourth-order valence-electron chi connectivity index (χ4n) is 5.74. The second-order valence-corrected chi connectivity index (χ2v) is 14.6. The van der Waals surface area contributed by atoms with Gasteiger partial charge in [0.2, 0.25) is 0 Å². The molecule has 13 heteroatoms. The van der Waals surface area contributed by atoms with E-state index in [0.717, 1.165) is 10.4 Å². The van der Waals surface area contributed by atoms with E-state index < -0.39 is 28.9 Å². The van der Waals surface area contributed by atoms with Crippen LogP contribution in [0.4, 0.5) is 9.18 Å². The van der Waals surface area contributed by atoms with E-state index in [0.29, 0.717) is 52.6 Å². The van der Waals surface area contributed by atoms with E-state index in [2.05, 4.69) is 9.97 Å². The van der Waals surface area contributed by atoms with Gasteiger partial charge in [-0.05, 0) is 81.3 Å². The number of nitrogens with zero attached hydrogens (tertiary/aromatic N) is 4. The molecule has 0 aliphatic rings. The van der Waals surface area contributed by atoms with Gasteiger partial charge in [0, 0.05) is 50.4 Å². The van der Waals surface area contributed by atoms with Gasteiger partial charge in [0.25, 0.3) is 5.56 Å². The number of Topliss-reactive ketones (excluding diaryl/α,β-unsaturated/α-hetero) is 1. The third-order valence-electron chi connectivity index (χ3n) is 8.29. The molecule has 0 saturated heterocycles. The summed E-state index contributed by atoms with van der Waals surface area (Å²) >= 11 is 1.40. The number of carbonyl (C=O) groups is 2. The molecule has 0 atom stereocenters. The van der Waals surface area contributed by atoms with Gasteiger partial charge >= 0.3 is 6.09 Å². The van der Waals surface area contributed by atoms with Gasteiger partial charge in [0.05, 0.1) is 40.5 Å². The molecule has 0 saturated carbocycles. The van der Waals surface area contributed by atoms with Crippen molar-refractivity contribution >= 4 is 33.4 Å². The number of carbonyl (C=O) groups excluding carboxylic acids is 2. The fourth-order valence-corrected chi connectivity index (χ4v) is 6.78. The number of hydrogen-bond acceptors (Lipinski definition) is 10. The van der Waals surface area contributed by atoms with Crippen molar-refractivity contribution < 1.29 is 32.9 Å². The minimum atomic E-state index is -0.671. The number of halogens is 1. The van der Waals surface area contributed by atoms with Crippen molar-refractivity contribution in [2.45, 2.75) is 46.3 Å². The van der Waals surface area contributed by atoms with Gasteiger partial charge in [-0.2, -0.15) is 0 Å². The normalized spacial score (nSPS) is 11.4. The molecule has 0 bridgehead atoms. The molecule has 0 N–H and O–H groups in total. The first kappa shape index (κ1) is 38.8. The first-order valence-electron chi connectivity index (χ1n) is 17.7. The predicted octanol–water partition coefficient (Wildman–Crippen LogP) is 8.65. The Labute approximate surface area is 321 Å². The highest BCUT2D eigenvalue weighted by Crippen LogP contribution is 2.39. The van der Waals surface area contributed by atoms with E-state index in [1.165, 1.54) is 28.0 Å². The second kappa shape index (κ2) is 17.0. The van der Waals surface area contributed by atoms with E-state index >= 15 is 4.39 Å². The summed E-state index contributed by atoms with van der Waals surface area (Å²) in [5.74, 6) is -0.628. The number of benzene rings is 2. The van der Waals surface area contributed by atoms with Crippen LogP contribution < -0.4 is 15.0 Å². The maximum Gasteiger partial charge on any atom is 0.410 e. The smallest absolute Gasteiger partial charge is 0.410 e. The fraction of sp³-hybridized carbons (Fsp3) is 0.262. The molecule has 6 rings (SSSR count). The largest absolute Gasteiger partial charge is 0.493 e. The third kappa shape index (κ3) is 9.42. The molecule has 0 radical (unpaired) electrons. The molecule has 55 heavy (non-hydrogen) atoms. The number of ether oxygens (including phenoxy) is 4. The lowest BCUT2D eigenvalue weighted by atomic mass is 10.0. The number of pyridine rings is 3. The molecule has 11 nitrogen and oxygen atoms in total. The van der Waals surface area contributed by atoms with Crippen LogP contribution in [-0.2, 0) is 22.4 Å². The van der Waals surface area contributed by atoms with Gasteiger partial charge in [-0.25, -0.2) is 9.18 Å². The zero-order valence-electron chi connectivity index (χ0n) is 31.2. The summed E-state index contributed by atoms with van der Waals surface area (Å²) in [6.45, 7) is 8.51. The minimum absolute atomic E-state index is 0.0368. The number of aromatic nitrogens is 3. The highest BCUT2D eigenvalue weighted by Gasteiger charge is 2.24. The highest BCUT2D eigenvalue weighted by atomic mass is 32.1. The molecular weight excluding hydrogens is 724 g/mol. The van der Waals surface area contributed by atoms with Crippen molar-refractivity contribution in [1.29, 1.82) is 0 Å². The maximum atomic E-state index is 15.6. The van der Waals surface area contributed by atoms with Crippen molar-refractivity contribution in [1.82, 2.24) is 19.4 Å². The van der Waals surface area contributed by atoms with E-state index in [4.69, 9.17) is 18.9 Å². The topological polar surface area (TPSA) is 122 Å². The van der Waals surface area contributed by atoms with Gasteiger partial charge in [0.1, 0.15) is 22.7 Å². The number of amides is 1. The van der Waals surface area contributed by atoms with Crippen LogP contribution in [-0.4, -0.2) is 63.8 Å². The molecule has 0 aliphatic heterocycles. The average Bonchev–Trinajstić information content (AvgIpc) is 3.60. The Balaban J connectivity index is 1.18. The molecular formula is C42H41FN4O7S. The first-order valence-corrected chi connectivity index (χ1v) is 18.5. The Hall–Kier alpha value is -5.92. The van der Waals surface area contributed by atoms with E-state index in [1.54, 1.807) is 80.0 Å². The second-order valence-electron chi connectivity index (χ2n) is 13.5. The van der Waals surface area contributed by atoms with Crippen LogP contribution in [0, 0.1) is 5.82 Å². The SMILES string of the molecule is CCOc1ccn(-c2ccccc2)c(=O)c1C(=O)Cc1ccc(Oc2ccnc3cc(-c4ccc(CN(CCOC)C(=O)OC(C)(C)C)cn4)sc23)c(F)c1. The zero-order valence-corrected chi connectivity index (χ0v) is 32.0. The van der Waals surface area contributed by atoms with Crippen LogP contribution in [0.5, 0.6) is 17.2 Å². The molecule has 4 heterocycles. The highest BCUT2D eigenvalue weighted by molar-refractivity contribution is 7.22. The average molecular weight is 765 g/mol. The number of rotatable bonds is 14. The van der Waals surface area contributed by atoms with E-state index in [-0.39, 0.29) is 30.1 Å². The van der Waals surface area contributed by atoms with Gasteiger partial charge < -0.3 is 23.8 Å². The van der Waals surface area contributed by atoms with Crippen molar-refractivity contribution in [2.75, 3.05) is 26.9 Å². The lowest BCUT2D eigenvalue weighted by Gasteiger charge is -2.27. The molecule has 0 fully saturated rings. The van der Waals surface area contributed by atoms with Crippen molar-refractivity contribution in [3.8, 4) is 33.5 Å². The van der Waals surface area contributed by atoms with Crippen LogP contribution in [0.2, 0.25) is 0 Å². The lowest BCUT2D eigenvalue weighted by molar-refractivity contribution is 0.0183. The molecule has 6 aromatic rings. The van der Waals surface area contributed by atoms with Crippen molar-refractivity contribution in [2.24, 2.45) is 0 Å². The number of fused-ring (bicyclic) bond motifs is 1. The molecule has 0 aliphatic carbocycles. The standard InChI is InChI=1S/C42H41FN4O7S/c1-6-52-35-17-19-47(29-10-8-7-9-11-29)40(49)38(35)33(48)23-27-13-15-34(30(43)22-27)53-36-16-18-44-32-24-37(55-39(32)36)31-14-12-28(25-45-31)26-46(20-21-51-5)41(50)54-42(2,3)4/h7-19,22,24-25H,6,20-21,23,26H2,1-5H3. The summed E-state index contributed by atoms with van der Waals surface area (Å²) in [5, 5.41) is 0. The van der Waals surface area contributed by atoms with E-state index in [1.807, 2.05) is 45.0 Å². The van der Waals surface area contributed by atoms with Crippen LogP contribution in [0.25, 0.3) is 26.5 Å². The Morgan fingerprint density at radius 2 is 1.71 bits per heavy atom. The zero-order chi connectivity index (χ0) is 39.1. The van der Waals surface area contributed by atoms with Gasteiger partial charge in [0.15, 0.2) is 17.3 Å². The van der Waals surface area contributed by atoms with Crippen LogP contribution in [0.15, 0.2) is 102 Å². The first-order chi connectivity index (χ1) is 26.4. The van der Waals surface area contributed by atoms with Gasteiger partial charge in [-0.3, -0.25) is 24.1 Å². The molecule has 2 aromatic carbocycles. The maximum absolute atomic E-state index is 15.6. The van der Waals surface area contributed by atoms with E-state index in [9.17, 15) is 14.4 Å². The number of methoxy groups -OCH3 is 1. The Morgan fingerprint density at radius 3 is 2.40 bits per heavy atom. The summed E-state index contributed by atoms with van der Waals surface area (Å²) in [6, 6.07) is 22.2. The summed E-state index contributed by atoms with van der Waals surface area (Å²) in [7, 11) is 1.58. The summed E-state index contributed by atoms with van der Waals surface area (Å²) < 4.78 is 40.1. The van der Waals surface area contributed by atoms with Gasteiger partial charge in [-0.15, -0.1) is 11.3 Å². The monoisotopic (exact) mass is 764 g/mol. The quantitative estimate of drug-likeness (QED) is 0.100. The van der Waals surface area contributed by atoms with Crippen LogP contribution in [0.1, 0.15) is 49.2 Å². The van der Waals surface area contributed by atoms with Crippen LogP contribution >= 0.6 is 11.3 Å². The molecule has 1 amide bonds. The Kier molecular flexibility index (Phi) is 12.0.